The van der Waals surface area contributed by atoms with Crippen LogP contribution in [0.4, 0.5) is 10.2 Å². The van der Waals surface area contributed by atoms with Gasteiger partial charge in [-0.2, -0.15) is 5.10 Å². The molecule has 1 fully saturated rings. The molecule has 1 saturated heterocycles. The Morgan fingerprint density at radius 1 is 1.07 bits per heavy atom. The quantitative estimate of drug-likeness (QED) is 0.137. The fourth-order valence-corrected chi connectivity index (χ4v) is 7.26. The second-order valence-electron chi connectivity index (χ2n) is 14.5. The lowest BCUT2D eigenvalue weighted by atomic mass is 9.85. The lowest BCUT2D eigenvalue weighted by Crippen LogP contribution is -2.58. The summed E-state index contributed by atoms with van der Waals surface area (Å²) in [5.74, 6) is -2.75. The highest BCUT2D eigenvalue weighted by Gasteiger charge is 2.44. The van der Waals surface area contributed by atoms with E-state index in [0.717, 1.165) is 27.8 Å². The zero-order valence-corrected chi connectivity index (χ0v) is 31.3. The average molecular weight is 756 g/mol. The van der Waals surface area contributed by atoms with Gasteiger partial charge in [0.2, 0.25) is 17.7 Å². The molecule has 16 heteroatoms. The molecule has 1 aliphatic rings. The zero-order chi connectivity index (χ0) is 38.9. The number of aliphatic hydroxyl groups excluding tert-OH is 1. The topological polar surface area (TPSA) is 201 Å². The van der Waals surface area contributed by atoms with Gasteiger partial charge in [-0.05, 0) is 48.6 Å². The van der Waals surface area contributed by atoms with Gasteiger partial charge in [0.25, 0.3) is 0 Å². The smallest absolute Gasteiger partial charge is 0.246 e. The van der Waals surface area contributed by atoms with E-state index in [1.807, 2.05) is 38.1 Å². The molecule has 6 N–H and O–H groups in total. The van der Waals surface area contributed by atoms with Crippen molar-refractivity contribution < 1.29 is 29.0 Å². The molecule has 0 spiro atoms. The molecule has 4 heterocycles. The van der Waals surface area contributed by atoms with Crippen molar-refractivity contribution in [2.45, 2.75) is 71.8 Å². The molecule has 5 aromatic rings. The summed E-state index contributed by atoms with van der Waals surface area (Å²) in [5, 5.41) is 38.9. The lowest BCUT2D eigenvalue weighted by Gasteiger charge is -2.35. The number of anilines is 1. The van der Waals surface area contributed by atoms with Crippen molar-refractivity contribution in [3.05, 3.63) is 83.5 Å². The van der Waals surface area contributed by atoms with Crippen molar-refractivity contribution in [3.63, 3.8) is 0 Å². The number of thiazole rings is 1. The van der Waals surface area contributed by atoms with Crippen molar-refractivity contribution in [3.8, 4) is 38.6 Å². The summed E-state index contributed by atoms with van der Waals surface area (Å²) >= 11 is 1.56. The van der Waals surface area contributed by atoms with Crippen LogP contribution in [0.2, 0.25) is 0 Å². The third kappa shape index (κ3) is 8.09. The third-order valence-corrected chi connectivity index (χ3v) is 10.4. The predicted octanol–water partition coefficient (Wildman–Crippen LogP) is 4.24. The summed E-state index contributed by atoms with van der Waals surface area (Å²) in [6.45, 7) is 8.89. The van der Waals surface area contributed by atoms with Gasteiger partial charge in [0.1, 0.15) is 18.6 Å². The molecule has 6 rings (SSSR count). The molecule has 0 saturated carbocycles. The van der Waals surface area contributed by atoms with Gasteiger partial charge >= 0.3 is 0 Å². The minimum atomic E-state index is -1.04. The fraction of sp³-hybridized carbons (Fsp3) is 0.342. The molecule has 1 aliphatic heterocycles. The number of amides is 3. The first-order chi connectivity index (χ1) is 25.6. The van der Waals surface area contributed by atoms with Crippen LogP contribution >= 0.6 is 11.3 Å². The number of nitrogen functional groups attached to an aromatic ring is 1. The number of likely N-dealkylation sites (tertiary alicyclic amines) is 1. The van der Waals surface area contributed by atoms with Crippen molar-refractivity contribution in [2.75, 3.05) is 12.3 Å². The summed E-state index contributed by atoms with van der Waals surface area (Å²) < 4.78 is 15.4. The minimum absolute atomic E-state index is 0.0534. The number of aromatic nitrogens is 5. The predicted molar refractivity (Wildman–Crippen MR) is 201 cm³/mol. The molecule has 0 aliphatic carbocycles. The maximum absolute atomic E-state index is 14.1. The monoisotopic (exact) mass is 755 g/mol. The highest BCUT2D eigenvalue weighted by atomic mass is 32.1. The maximum Gasteiger partial charge on any atom is 0.246 e. The zero-order valence-electron chi connectivity index (χ0n) is 30.4. The number of halogens is 1. The molecular formula is C38H42FN9O5S. The minimum Gasteiger partial charge on any atom is -0.504 e. The Balaban J connectivity index is 1.12. The Kier molecular flexibility index (Phi) is 10.8. The normalized spacial score (nSPS) is 16.9. The number of rotatable bonds is 10. The summed E-state index contributed by atoms with van der Waals surface area (Å²) in [4.78, 5) is 47.9. The number of nitrogens with two attached hydrogens (primary N) is 1. The number of para-hydroxylation sites is 1. The molecule has 1 unspecified atom stereocenters. The van der Waals surface area contributed by atoms with Crippen LogP contribution in [-0.4, -0.2) is 82.5 Å². The number of benzene rings is 2. The van der Waals surface area contributed by atoms with Gasteiger partial charge in [0.05, 0.1) is 40.1 Å². The molecule has 0 bridgehead atoms. The highest BCUT2D eigenvalue weighted by Crippen LogP contribution is 2.34. The largest absolute Gasteiger partial charge is 0.504 e. The van der Waals surface area contributed by atoms with E-state index in [4.69, 9.17) is 5.73 Å². The van der Waals surface area contributed by atoms with Gasteiger partial charge in [0, 0.05) is 35.9 Å². The number of aryl methyl sites for hydroxylation is 1. The van der Waals surface area contributed by atoms with Crippen LogP contribution in [0.3, 0.4) is 0 Å². The van der Waals surface area contributed by atoms with Crippen LogP contribution in [-0.2, 0) is 20.9 Å². The fourth-order valence-electron chi connectivity index (χ4n) is 6.44. The summed E-state index contributed by atoms with van der Waals surface area (Å²) in [6, 6.07) is 11.1. The van der Waals surface area contributed by atoms with Crippen molar-refractivity contribution in [1.29, 1.82) is 0 Å². The molecule has 3 amide bonds. The van der Waals surface area contributed by atoms with Crippen LogP contribution in [0.25, 0.3) is 32.8 Å². The van der Waals surface area contributed by atoms with E-state index < -0.39 is 52.9 Å². The van der Waals surface area contributed by atoms with Gasteiger partial charge in [-0.1, -0.05) is 51.1 Å². The molecule has 14 nitrogen and oxygen atoms in total. The summed E-state index contributed by atoms with van der Waals surface area (Å²) in [5.41, 5.74) is 11.2. The van der Waals surface area contributed by atoms with Gasteiger partial charge in [-0.15, -0.1) is 21.5 Å². The number of aliphatic hydroxyl groups is 1. The van der Waals surface area contributed by atoms with E-state index in [9.17, 15) is 29.0 Å². The number of hydrogen-bond acceptors (Lipinski definition) is 11. The number of nitrogens with one attached hydrogen (secondary N) is 2. The summed E-state index contributed by atoms with van der Waals surface area (Å²) in [6.07, 6.45) is 2.17. The average Bonchev–Trinajstić information content (AvgIpc) is 3.88. The molecule has 3 aromatic heterocycles. The standard InChI is InChI=1S/C38H42FN9O5S/c1-20(22-9-11-23(12-10-22)33-21(2)41-19-54-33)43-36(52)30-13-25(49)17-48(30)37(53)34(38(3,4)5)44-31(50)18-47-16-24(15-42-47)27-14-29(45-46-35(27)40)26-7-6-8-28(39)32(26)51/h6-12,14-16,19-20,25,30,34,49,51H,13,17-18H2,1-5H3,(H2,40,46)(H,43,52)(H,44,50)/t20-,25+,30-,34?/m0/s1. The summed E-state index contributed by atoms with van der Waals surface area (Å²) in [7, 11) is 0. The number of aromatic hydroxyl groups is 1. The molecule has 2 aromatic carbocycles. The van der Waals surface area contributed by atoms with E-state index in [-0.39, 0.29) is 42.6 Å². The Morgan fingerprint density at radius 2 is 1.81 bits per heavy atom. The number of β-amino-alcohol motifs (C(OH)–C–C–N with tert-alkyl or cyclic N) is 1. The van der Waals surface area contributed by atoms with Gasteiger partial charge in [-0.3, -0.25) is 19.1 Å². The Bertz CT molecular complexity index is 2180. The van der Waals surface area contributed by atoms with Crippen LogP contribution in [0.5, 0.6) is 5.75 Å². The van der Waals surface area contributed by atoms with Gasteiger partial charge < -0.3 is 31.5 Å². The molecule has 4 atom stereocenters. The first kappa shape index (κ1) is 38.0. The second-order valence-corrected chi connectivity index (χ2v) is 15.3. The Hall–Kier alpha value is -5.74. The molecule has 282 valence electrons. The molecule has 0 radical (unpaired) electrons. The molecule has 54 heavy (non-hydrogen) atoms. The number of phenols is 1. The SMILES string of the molecule is Cc1ncsc1-c1ccc([C@H](C)NC(=O)[C@@H]2C[C@@H](O)CN2C(=O)C(NC(=O)Cn2cc(-c3cc(-c4cccc(F)c4O)nnc3N)cn2)C(C)(C)C)cc1. The number of carbonyl (C=O) groups excluding carboxylic acids is 3. The number of hydrogen-bond donors (Lipinski definition) is 5. The maximum atomic E-state index is 14.1. The third-order valence-electron chi connectivity index (χ3n) is 9.40. The van der Waals surface area contributed by atoms with E-state index in [0.29, 0.717) is 11.1 Å². The van der Waals surface area contributed by atoms with E-state index in [2.05, 4.69) is 30.9 Å². The Labute approximate surface area is 315 Å². The number of phenolic OH excluding ortho intramolecular Hbond substituents is 1. The second kappa shape index (κ2) is 15.3. The van der Waals surface area contributed by atoms with E-state index >= 15 is 0 Å². The Morgan fingerprint density at radius 3 is 2.50 bits per heavy atom. The van der Waals surface area contributed by atoms with E-state index in [1.165, 1.54) is 34.0 Å². The van der Waals surface area contributed by atoms with Crippen LogP contribution in [0.15, 0.2) is 66.4 Å². The first-order valence-corrected chi connectivity index (χ1v) is 18.2. The number of nitrogens with zero attached hydrogens (tertiary/aromatic N) is 6. The van der Waals surface area contributed by atoms with Crippen LogP contribution in [0.1, 0.15) is 51.4 Å². The van der Waals surface area contributed by atoms with Gasteiger partial charge in [-0.25, -0.2) is 9.37 Å². The lowest BCUT2D eigenvalue weighted by molar-refractivity contribution is -0.144. The number of carbonyl (C=O) groups is 3. The van der Waals surface area contributed by atoms with Gasteiger partial charge in [0.15, 0.2) is 17.4 Å². The van der Waals surface area contributed by atoms with Crippen molar-refractivity contribution >= 4 is 34.9 Å². The first-order valence-electron chi connectivity index (χ1n) is 17.3. The van der Waals surface area contributed by atoms with Crippen LogP contribution < -0.4 is 16.4 Å². The molecular weight excluding hydrogens is 714 g/mol. The van der Waals surface area contributed by atoms with Crippen LogP contribution in [0, 0.1) is 18.2 Å². The van der Waals surface area contributed by atoms with Crippen molar-refractivity contribution in [2.24, 2.45) is 5.41 Å². The van der Waals surface area contributed by atoms with E-state index in [1.54, 1.807) is 43.8 Å². The van der Waals surface area contributed by atoms with Crippen molar-refractivity contribution in [1.82, 2.24) is 40.5 Å². The highest BCUT2D eigenvalue weighted by molar-refractivity contribution is 7.13.